The number of amides is 1. The highest BCUT2D eigenvalue weighted by molar-refractivity contribution is 6.31. The Kier molecular flexibility index (Phi) is 6.16. The lowest BCUT2D eigenvalue weighted by Crippen LogP contribution is -2.51. The number of likely N-dealkylation sites (tertiary alicyclic amines) is 1. The molecular formula is C24H26ClFN4O2. The Morgan fingerprint density at radius 1 is 1.31 bits per heavy atom. The average molecular weight is 457 g/mol. The second-order valence-corrected chi connectivity index (χ2v) is 9.14. The predicted octanol–water partition coefficient (Wildman–Crippen LogP) is 4.09. The minimum Gasteiger partial charge on any atom is -0.474 e. The van der Waals surface area contributed by atoms with Crippen LogP contribution in [-0.2, 0) is 11.2 Å². The van der Waals surface area contributed by atoms with Crippen LogP contribution in [0.1, 0.15) is 18.4 Å². The number of hydrogen-bond acceptors (Lipinski definition) is 5. The van der Waals surface area contributed by atoms with Crippen molar-refractivity contribution in [3.8, 4) is 11.8 Å². The molecule has 168 valence electrons. The van der Waals surface area contributed by atoms with Crippen LogP contribution in [0.15, 0.2) is 36.4 Å². The van der Waals surface area contributed by atoms with Gasteiger partial charge in [0.05, 0.1) is 29.4 Å². The molecule has 1 amide bonds. The van der Waals surface area contributed by atoms with E-state index in [0.29, 0.717) is 49.7 Å². The summed E-state index contributed by atoms with van der Waals surface area (Å²) in [5.41, 5.74) is 1.95. The van der Waals surface area contributed by atoms with E-state index in [0.717, 1.165) is 16.9 Å². The summed E-state index contributed by atoms with van der Waals surface area (Å²) >= 11 is 6.21. The number of halogens is 2. The lowest BCUT2D eigenvalue weighted by atomic mass is 9.75. The van der Waals surface area contributed by atoms with E-state index in [1.54, 1.807) is 23.1 Å². The zero-order valence-corrected chi connectivity index (χ0v) is 19.0. The number of fused-ring (bicyclic) bond motifs is 1. The molecule has 1 atom stereocenters. The van der Waals surface area contributed by atoms with Gasteiger partial charge in [-0.3, -0.25) is 4.79 Å². The van der Waals surface area contributed by atoms with E-state index >= 15 is 0 Å². The third-order valence-corrected chi connectivity index (χ3v) is 6.47. The zero-order chi connectivity index (χ0) is 22.9. The average Bonchev–Trinajstić information content (AvgIpc) is 2.79. The molecule has 1 N–H and O–H groups in total. The first-order chi connectivity index (χ1) is 15.3. The first kappa shape index (κ1) is 22.2. The molecule has 6 nitrogen and oxygen atoms in total. The van der Waals surface area contributed by atoms with Crippen LogP contribution in [-0.4, -0.2) is 50.6 Å². The van der Waals surface area contributed by atoms with Crippen LogP contribution in [0.25, 0.3) is 0 Å². The highest BCUT2D eigenvalue weighted by atomic mass is 35.5. The van der Waals surface area contributed by atoms with E-state index in [2.05, 4.69) is 11.4 Å². The summed E-state index contributed by atoms with van der Waals surface area (Å²) in [5.74, 6) is 0.238. The molecule has 4 rings (SSSR count). The van der Waals surface area contributed by atoms with Crippen molar-refractivity contribution < 1.29 is 13.9 Å². The number of piperidine rings is 1. The molecule has 1 fully saturated rings. The molecule has 2 aromatic rings. The van der Waals surface area contributed by atoms with Crippen LogP contribution in [0, 0.1) is 22.6 Å². The van der Waals surface area contributed by atoms with Crippen LogP contribution < -0.4 is 15.0 Å². The minimum absolute atomic E-state index is 0.0869. The third kappa shape index (κ3) is 4.46. The number of hydrogen-bond donors (Lipinski definition) is 1. The van der Waals surface area contributed by atoms with Gasteiger partial charge in [-0.05, 0) is 49.1 Å². The SMILES string of the molecule is CN(C)c1cc(Cl)cc2c1OC(C(=O)N1CCC(C#N)(Cc3ccc(F)cc3)CC1)CN2. The summed E-state index contributed by atoms with van der Waals surface area (Å²) in [6.07, 6.45) is 1.05. The van der Waals surface area contributed by atoms with Gasteiger partial charge in [0.1, 0.15) is 5.82 Å². The number of nitrogens with one attached hydrogen (secondary N) is 1. The van der Waals surface area contributed by atoms with Gasteiger partial charge in [0.2, 0.25) is 0 Å². The summed E-state index contributed by atoms with van der Waals surface area (Å²) in [6.45, 7) is 1.33. The topological polar surface area (TPSA) is 68.6 Å². The Bertz CT molecular complexity index is 1040. The van der Waals surface area contributed by atoms with Gasteiger partial charge in [-0.15, -0.1) is 0 Å². The first-order valence-electron chi connectivity index (χ1n) is 10.7. The number of rotatable bonds is 4. The fourth-order valence-electron chi connectivity index (χ4n) is 4.37. The maximum Gasteiger partial charge on any atom is 0.265 e. The Balaban J connectivity index is 1.43. The van der Waals surface area contributed by atoms with Gasteiger partial charge in [0, 0.05) is 32.2 Å². The van der Waals surface area contributed by atoms with E-state index in [1.807, 2.05) is 25.1 Å². The molecule has 0 radical (unpaired) electrons. The van der Waals surface area contributed by atoms with Crippen LogP contribution >= 0.6 is 11.6 Å². The summed E-state index contributed by atoms with van der Waals surface area (Å²) < 4.78 is 19.3. The largest absolute Gasteiger partial charge is 0.474 e. The van der Waals surface area contributed by atoms with E-state index in [1.165, 1.54) is 12.1 Å². The lowest BCUT2D eigenvalue weighted by molar-refractivity contribution is -0.140. The van der Waals surface area contributed by atoms with Gasteiger partial charge in [0.25, 0.3) is 5.91 Å². The van der Waals surface area contributed by atoms with Crippen molar-refractivity contribution in [3.63, 3.8) is 0 Å². The van der Waals surface area contributed by atoms with E-state index in [-0.39, 0.29) is 11.7 Å². The van der Waals surface area contributed by atoms with Crippen molar-refractivity contribution in [2.75, 3.05) is 43.9 Å². The van der Waals surface area contributed by atoms with Crippen molar-refractivity contribution in [2.45, 2.75) is 25.4 Å². The van der Waals surface area contributed by atoms with Gasteiger partial charge in [0.15, 0.2) is 11.9 Å². The van der Waals surface area contributed by atoms with Crippen LogP contribution in [0.5, 0.6) is 5.75 Å². The summed E-state index contributed by atoms with van der Waals surface area (Å²) in [6, 6.07) is 12.3. The first-order valence-corrected chi connectivity index (χ1v) is 11.0. The summed E-state index contributed by atoms with van der Waals surface area (Å²) in [5, 5.41) is 13.7. The molecule has 1 saturated heterocycles. The normalized spacial score (nSPS) is 19.2. The number of anilines is 2. The number of nitriles is 1. The van der Waals surface area contributed by atoms with Crippen molar-refractivity contribution in [1.29, 1.82) is 5.26 Å². The standard InChI is InChI=1S/C24H26ClFN4O2/c1-29(2)20-12-17(25)11-19-22(20)32-21(14-28-19)23(31)30-9-7-24(15-27,8-10-30)13-16-3-5-18(26)6-4-16/h3-6,11-12,21,28H,7-10,13-14H2,1-2H3. The van der Waals surface area contributed by atoms with Gasteiger partial charge >= 0.3 is 0 Å². The van der Waals surface area contributed by atoms with Crippen molar-refractivity contribution >= 4 is 28.9 Å². The van der Waals surface area contributed by atoms with Gasteiger partial charge in [-0.2, -0.15) is 5.26 Å². The minimum atomic E-state index is -0.644. The number of benzene rings is 2. The maximum atomic E-state index is 13.2. The van der Waals surface area contributed by atoms with Crippen molar-refractivity contribution in [2.24, 2.45) is 5.41 Å². The molecular weight excluding hydrogens is 431 g/mol. The molecule has 2 heterocycles. The smallest absolute Gasteiger partial charge is 0.265 e. The Hall–Kier alpha value is -2.98. The number of carbonyl (C=O) groups is 1. The van der Waals surface area contributed by atoms with Crippen molar-refractivity contribution in [1.82, 2.24) is 4.90 Å². The zero-order valence-electron chi connectivity index (χ0n) is 18.2. The molecule has 32 heavy (non-hydrogen) atoms. The molecule has 2 aliphatic rings. The fourth-order valence-corrected chi connectivity index (χ4v) is 4.58. The second-order valence-electron chi connectivity index (χ2n) is 8.70. The van der Waals surface area contributed by atoms with Gasteiger partial charge in [-0.1, -0.05) is 23.7 Å². The predicted molar refractivity (Wildman–Crippen MR) is 123 cm³/mol. The quantitative estimate of drug-likeness (QED) is 0.750. The van der Waals surface area contributed by atoms with Gasteiger partial charge in [-0.25, -0.2) is 4.39 Å². The van der Waals surface area contributed by atoms with Crippen LogP contribution in [0.4, 0.5) is 15.8 Å². The second kappa shape index (κ2) is 8.87. The monoisotopic (exact) mass is 456 g/mol. The molecule has 0 aliphatic carbocycles. The highest BCUT2D eigenvalue weighted by Gasteiger charge is 2.39. The fraction of sp³-hybridized carbons (Fsp3) is 0.417. The molecule has 0 bridgehead atoms. The van der Waals surface area contributed by atoms with Crippen LogP contribution in [0.3, 0.4) is 0 Å². The van der Waals surface area contributed by atoms with Crippen LogP contribution in [0.2, 0.25) is 5.02 Å². The maximum absolute atomic E-state index is 13.2. The Morgan fingerprint density at radius 2 is 2.00 bits per heavy atom. The van der Waals surface area contributed by atoms with Crippen molar-refractivity contribution in [3.05, 3.63) is 52.8 Å². The number of ether oxygens (including phenoxy) is 1. The Labute approximate surface area is 192 Å². The van der Waals surface area contributed by atoms with E-state index in [9.17, 15) is 14.4 Å². The lowest BCUT2D eigenvalue weighted by Gasteiger charge is -2.39. The van der Waals surface area contributed by atoms with Gasteiger partial charge < -0.3 is 19.9 Å². The molecule has 0 aromatic heterocycles. The molecule has 1 unspecified atom stereocenters. The Morgan fingerprint density at radius 3 is 2.62 bits per heavy atom. The molecule has 2 aliphatic heterocycles. The number of carbonyl (C=O) groups excluding carboxylic acids is 1. The molecule has 0 saturated carbocycles. The highest BCUT2D eigenvalue weighted by Crippen LogP contribution is 2.41. The third-order valence-electron chi connectivity index (χ3n) is 6.25. The molecule has 0 spiro atoms. The number of nitrogens with zero attached hydrogens (tertiary/aromatic N) is 3. The summed E-state index contributed by atoms with van der Waals surface area (Å²) in [7, 11) is 3.79. The molecule has 8 heteroatoms. The summed E-state index contributed by atoms with van der Waals surface area (Å²) in [4.78, 5) is 16.9. The molecule has 2 aromatic carbocycles. The van der Waals surface area contributed by atoms with E-state index < -0.39 is 11.5 Å². The van der Waals surface area contributed by atoms with E-state index in [4.69, 9.17) is 16.3 Å².